The first-order chi connectivity index (χ1) is 11.2. The van der Waals surface area contributed by atoms with Gasteiger partial charge in [0.25, 0.3) is 0 Å². The summed E-state index contributed by atoms with van der Waals surface area (Å²) in [5.41, 5.74) is 1.06. The van der Waals surface area contributed by atoms with Crippen LogP contribution in [0.5, 0.6) is 0 Å². The third-order valence-corrected chi connectivity index (χ3v) is 4.52. The van der Waals surface area contributed by atoms with Crippen molar-refractivity contribution in [2.24, 2.45) is 0 Å². The van der Waals surface area contributed by atoms with Crippen LogP contribution < -0.4 is 10.6 Å². The van der Waals surface area contributed by atoms with E-state index in [2.05, 4.69) is 16.7 Å². The van der Waals surface area contributed by atoms with Crippen LogP contribution >= 0.6 is 11.3 Å². The lowest BCUT2D eigenvalue weighted by Gasteiger charge is -2.21. The van der Waals surface area contributed by atoms with Gasteiger partial charge in [0.15, 0.2) is 0 Å². The molecule has 0 saturated carbocycles. The van der Waals surface area contributed by atoms with Crippen LogP contribution in [0.3, 0.4) is 0 Å². The van der Waals surface area contributed by atoms with Crippen molar-refractivity contribution in [3.05, 3.63) is 58.3 Å². The van der Waals surface area contributed by atoms with Gasteiger partial charge in [0.1, 0.15) is 0 Å². The van der Waals surface area contributed by atoms with E-state index in [0.717, 1.165) is 12.0 Å². The average molecular weight is 332 g/mol. The molecule has 124 valence electrons. The van der Waals surface area contributed by atoms with Crippen LogP contribution in [0.2, 0.25) is 0 Å². The predicted molar refractivity (Wildman–Crippen MR) is 94.7 cm³/mol. The Kier molecular flexibility index (Phi) is 7.10. The second kappa shape index (κ2) is 9.33. The maximum Gasteiger partial charge on any atom is 0.315 e. The van der Waals surface area contributed by atoms with Gasteiger partial charge in [-0.25, -0.2) is 4.79 Å². The molecule has 1 aromatic heterocycles. The number of benzene rings is 1. The van der Waals surface area contributed by atoms with Gasteiger partial charge >= 0.3 is 6.03 Å². The highest BCUT2D eigenvalue weighted by atomic mass is 32.1. The molecule has 3 N–H and O–H groups in total. The molecule has 2 aromatic rings. The minimum atomic E-state index is -0.166. The number of aliphatic hydroxyl groups excluding tert-OH is 1. The number of hydrogen-bond donors (Lipinski definition) is 3. The van der Waals surface area contributed by atoms with Crippen LogP contribution in [0.4, 0.5) is 4.79 Å². The van der Waals surface area contributed by atoms with Gasteiger partial charge in [-0.3, -0.25) is 0 Å². The van der Waals surface area contributed by atoms with Gasteiger partial charge in [0.2, 0.25) is 0 Å². The molecule has 2 unspecified atom stereocenters. The normalized spacial score (nSPS) is 13.3. The Labute approximate surface area is 141 Å². The first-order valence-electron chi connectivity index (χ1n) is 7.94. The molecule has 0 aliphatic heterocycles. The smallest absolute Gasteiger partial charge is 0.315 e. The number of carbonyl (C=O) groups is 1. The number of aliphatic hydroxyl groups is 1. The highest BCUT2D eigenvalue weighted by molar-refractivity contribution is 7.09. The van der Waals surface area contributed by atoms with Gasteiger partial charge in [0.05, 0.1) is 6.04 Å². The summed E-state index contributed by atoms with van der Waals surface area (Å²) < 4.78 is 0. The highest BCUT2D eigenvalue weighted by Crippen LogP contribution is 2.18. The lowest BCUT2D eigenvalue weighted by atomic mass is 10.0. The third-order valence-electron chi connectivity index (χ3n) is 3.62. The SMILES string of the molecule is CC(Cc1cccs1)NC(=O)NC(CCCO)c1ccccc1. The molecule has 0 radical (unpaired) electrons. The molecule has 0 bridgehead atoms. The number of urea groups is 1. The Morgan fingerprint density at radius 2 is 1.96 bits per heavy atom. The minimum Gasteiger partial charge on any atom is -0.396 e. The molecule has 4 nitrogen and oxygen atoms in total. The van der Waals surface area contributed by atoms with Crippen LogP contribution in [-0.2, 0) is 6.42 Å². The fourth-order valence-corrected chi connectivity index (χ4v) is 3.34. The van der Waals surface area contributed by atoms with E-state index in [-0.39, 0.29) is 24.7 Å². The molecule has 2 amide bonds. The van der Waals surface area contributed by atoms with Gasteiger partial charge in [0, 0.05) is 23.9 Å². The summed E-state index contributed by atoms with van der Waals surface area (Å²) in [6.45, 7) is 2.13. The molecular weight excluding hydrogens is 308 g/mol. The number of carbonyl (C=O) groups excluding carboxylic acids is 1. The highest BCUT2D eigenvalue weighted by Gasteiger charge is 2.15. The minimum absolute atomic E-state index is 0.0721. The summed E-state index contributed by atoms with van der Waals surface area (Å²) in [4.78, 5) is 13.5. The Morgan fingerprint density at radius 1 is 1.17 bits per heavy atom. The molecule has 23 heavy (non-hydrogen) atoms. The zero-order valence-electron chi connectivity index (χ0n) is 13.4. The largest absolute Gasteiger partial charge is 0.396 e. The molecule has 2 rings (SSSR count). The maximum atomic E-state index is 12.2. The molecule has 0 spiro atoms. The summed E-state index contributed by atoms with van der Waals surface area (Å²) in [5.74, 6) is 0. The Hall–Kier alpha value is -1.85. The van der Waals surface area contributed by atoms with Crippen molar-refractivity contribution in [1.29, 1.82) is 0 Å². The topological polar surface area (TPSA) is 61.4 Å². The number of hydrogen-bond acceptors (Lipinski definition) is 3. The van der Waals surface area contributed by atoms with Crippen molar-refractivity contribution >= 4 is 17.4 Å². The van der Waals surface area contributed by atoms with Gasteiger partial charge in [-0.1, -0.05) is 36.4 Å². The quantitative estimate of drug-likeness (QED) is 0.693. The Balaban J connectivity index is 1.89. The monoisotopic (exact) mass is 332 g/mol. The molecule has 0 saturated heterocycles. The second-order valence-corrected chi connectivity index (χ2v) is 6.66. The lowest BCUT2D eigenvalue weighted by Crippen LogP contribution is -2.43. The van der Waals surface area contributed by atoms with Crippen LogP contribution in [0.15, 0.2) is 47.8 Å². The van der Waals surface area contributed by atoms with Crippen molar-refractivity contribution in [3.63, 3.8) is 0 Å². The van der Waals surface area contributed by atoms with Crippen molar-refractivity contribution in [2.75, 3.05) is 6.61 Å². The maximum absolute atomic E-state index is 12.2. The van der Waals surface area contributed by atoms with E-state index in [1.807, 2.05) is 48.7 Å². The van der Waals surface area contributed by atoms with E-state index in [1.54, 1.807) is 11.3 Å². The van der Waals surface area contributed by atoms with Crippen LogP contribution in [0, 0.1) is 0 Å². The van der Waals surface area contributed by atoms with Gasteiger partial charge < -0.3 is 15.7 Å². The summed E-state index contributed by atoms with van der Waals surface area (Å²) in [6, 6.07) is 13.8. The second-order valence-electron chi connectivity index (χ2n) is 5.63. The van der Waals surface area contributed by atoms with Crippen LogP contribution in [0.25, 0.3) is 0 Å². The Bertz CT molecular complexity index is 572. The van der Waals surface area contributed by atoms with Crippen molar-refractivity contribution < 1.29 is 9.90 Å². The molecule has 0 aliphatic rings. The zero-order chi connectivity index (χ0) is 16.5. The van der Waals surface area contributed by atoms with E-state index in [0.29, 0.717) is 12.8 Å². The predicted octanol–water partition coefficient (Wildman–Crippen LogP) is 3.49. The van der Waals surface area contributed by atoms with E-state index >= 15 is 0 Å². The summed E-state index contributed by atoms with van der Waals surface area (Å²) in [6.07, 6.45) is 2.20. The van der Waals surface area contributed by atoms with Crippen LogP contribution in [0.1, 0.15) is 36.2 Å². The summed E-state index contributed by atoms with van der Waals surface area (Å²) in [5, 5.41) is 17.1. The number of nitrogens with one attached hydrogen (secondary N) is 2. The lowest BCUT2D eigenvalue weighted by molar-refractivity contribution is 0.230. The van der Waals surface area contributed by atoms with Crippen LogP contribution in [-0.4, -0.2) is 23.8 Å². The van der Waals surface area contributed by atoms with E-state index in [9.17, 15) is 4.79 Å². The molecular formula is C18H24N2O2S. The van der Waals surface area contributed by atoms with E-state index in [4.69, 9.17) is 5.11 Å². The number of amides is 2. The van der Waals surface area contributed by atoms with Gasteiger partial charge in [-0.15, -0.1) is 11.3 Å². The molecule has 1 aromatic carbocycles. The first kappa shape index (κ1) is 17.5. The Morgan fingerprint density at radius 3 is 2.61 bits per heavy atom. The molecule has 5 heteroatoms. The van der Waals surface area contributed by atoms with Crippen molar-refractivity contribution in [3.8, 4) is 0 Å². The van der Waals surface area contributed by atoms with E-state index < -0.39 is 0 Å². The van der Waals surface area contributed by atoms with E-state index in [1.165, 1.54) is 4.88 Å². The molecule has 2 atom stereocenters. The van der Waals surface area contributed by atoms with Gasteiger partial charge in [-0.2, -0.15) is 0 Å². The summed E-state index contributed by atoms with van der Waals surface area (Å²) in [7, 11) is 0. The third kappa shape index (κ3) is 6.04. The first-order valence-corrected chi connectivity index (χ1v) is 8.82. The fourth-order valence-electron chi connectivity index (χ4n) is 2.51. The standard InChI is InChI=1S/C18H24N2O2S/c1-14(13-16-9-6-12-23-16)19-18(22)20-17(10-5-11-21)15-7-3-2-4-8-15/h2-4,6-9,12,14,17,21H,5,10-11,13H2,1H3,(H2,19,20,22). The van der Waals surface area contributed by atoms with Crippen molar-refractivity contribution in [2.45, 2.75) is 38.3 Å². The molecule has 0 aliphatic carbocycles. The summed E-state index contributed by atoms with van der Waals surface area (Å²) >= 11 is 1.70. The molecule has 0 fully saturated rings. The molecule has 1 heterocycles. The van der Waals surface area contributed by atoms with Gasteiger partial charge in [-0.05, 0) is 36.8 Å². The zero-order valence-corrected chi connectivity index (χ0v) is 14.2. The number of thiophene rings is 1. The number of rotatable bonds is 8. The average Bonchev–Trinajstić information content (AvgIpc) is 3.05. The fraction of sp³-hybridized carbons (Fsp3) is 0.389. The van der Waals surface area contributed by atoms with Crippen molar-refractivity contribution in [1.82, 2.24) is 10.6 Å².